The maximum atomic E-state index is 11.9. The Morgan fingerprint density at radius 2 is 1.88 bits per heavy atom. The van der Waals surface area contributed by atoms with Crippen LogP contribution in [0.15, 0.2) is 30.3 Å². The molecular formula is C19H27N2O3+. The normalized spacial score (nSPS) is 26.2. The molecule has 0 bridgehead atoms. The van der Waals surface area contributed by atoms with Gasteiger partial charge in [0.1, 0.15) is 6.54 Å². The molecule has 5 heteroatoms. The molecule has 3 rings (SSSR count). The van der Waals surface area contributed by atoms with Gasteiger partial charge in [-0.25, -0.2) is 0 Å². The van der Waals surface area contributed by atoms with E-state index in [0.717, 1.165) is 6.42 Å². The average Bonchev–Trinajstić information content (AvgIpc) is 2.65. The van der Waals surface area contributed by atoms with E-state index >= 15 is 0 Å². The van der Waals surface area contributed by atoms with E-state index in [4.69, 9.17) is 4.74 Å². The van der Waals surface area contributed by atoms with Crippen molar-refractivity contribution in [3.63, 3.8) is 0 Å². The highest BCUT2D eigenvalue weighted by Gasteiger charge is 2.37. The Labute approximate surface area is 143 Å². The van der Waals surface area contributed by atoms with Gasteiger partial charge in [0.05, 0.1) is 25.7 Å². The standard InChI is InChI=1S/C19H26N2O3/c22-18(13-20-19(23)15-7-2-1-3-8-15)24-14-16-9-6-12-21-11-5-4-10-17(16)21/h1-3,7-8,16-17H,4-6,9-14H2,(H,20,23)/p+1/t16-,17-/m1/s1. The van der Waals surface area contributed by atoms with Gasteiger partial charge in [0.15, 0.2) is 0 Å². The Morgan fingerprint density at radius 1 is 1.08 bits per heavy atom. The smallest absolute Gasteiger partial charge is 0.325 e. The van der Waals surface area contributed by atoms with E-state index in [1.807, 2.05) is 6.07 Å². The first-order valence-electron chi connectivity index (χ1n) is 9.07. The number of ether oxygens (including phenoxy) is 1. The number of nitrogens with one attached hydrogen (secondary N) is 2. The van der Waals surface area contributed by atoms with Gasteiger partial charge in [-0.15, -0.1) is 0 Å². The number of esters is 1. The number of carbonyl (C=O) groups is 2. The molecule has 0 aromatic heterocycles. The highest BCUT2D eigenvalue weighted by molar-refractivity contribution is 5.95. The molecule has 0 aliphatic carbocycles. The second-order valence-corrected chi connectivity index (χ2v) is 6.89. The zero-order valence-corrected chi connectivity index (χ0v) is 14.1. The third-order valence-corrected chi connectivity index (χ3v) is 5.32. The lowest BCUT2D eigenvalue weighted by Gasteiger charge is -2.40. The molecular weight excluding hydrogens is 304 g/mol. The molecule has 2 heterocycles. The van der Waals surface area contributed by atoms with Crippen LogP contribution in [0, 0.1) is 5.92 Å². The number of amides is 1. The van der Waals surface area contributed by atoms with Gasteiger partial charge in [0, 0.05) is 11.5 Å². The summed E-state index contributed by atoms with van der Waals surface area (Å²) in [6.07, 6.45) is 6.24. The number of benzene rings is 1. The lowest BCUT2D eigenvalue weighted by atomic mass is 9.84. The number of piperidine rings is 2. The molecule has 0 saturated carbocycles. The van der Waals surface area contributed by atoms with Crippen LogP contribution in [0.5, 0.6) is 0 Å². The molecule has 0 radical (unpaired) electrons. The summed E-state index contributed by atoms with van der Waals surface area (Å²) in [5, 5.41) is 2.62. The highest BCUT2D eigenvalue weighted by atomic mass is 16.5. The Morgan fingerprint density at radius 3 is 2.71 bits per heavy atom. The third-order valence-electron chi connectivity index (χ3n) is 5.32. The van der Waals surface area contributed by atoms with Crippen molar-refractivity contribution >= 4 is 11.9 Å². The number of rotatable bonds is 5. The minimum Gasteiger partial charge on any atom is -0.464 e. The van der Waals surface area contributed by atoms with Crippen molar-refractivity contribution in [2.45, 2.75) is 38.1 Å². The van der Waals surface area contributed by atoms with Crippen molar-refractivity contribution in [3.05, 3.63) is 35.9 Å². The predicted molar refractivity (Wildman–Crippen MR) is 90.8 cm³/mol. The zero-order chi connectivity index (χ0) is 16.8. The molecule has 1 aromatic carbocycles. The van der Waals surface area contributed by atoms with Gasteiger partial charge in [-0.3, -0.25) is 9.59 Å². The Bertz CT molecular complexity index is 559. The van der Waals surface area contributed by atoms with Crippen LogP contribution in [0.3, 0.4) is 0 Å². The van der Waals surface area contributed by atoms with Crippen molar-refractivity contribution in [3.8, 4) is 0 Å². The topological polar surface area (TPSA) is 59.8 Å². The van der Waals surface area contributed by atoms with E-state index in [0.29, 0.717) is 24.1 Å². The van der Waals surface area contributed by atoms with Crippen molar-refractivity contribution in [2.24, 2.45) is 5.92 Å². The van der Waals surface area contributed by atoms with E-state index in [2.05, 4.69) is 5.32 Å². The van der Waals surface area contributed by atoms with Gasteiger partial charge in [-0.1, -0.05) is 18.2 Å². The predicted octanol–water partition coefficient (Wildman–Crippen LogP) is 0.807. The van der Waals surface area contributed by atoms with E-state index in [-0.39, 0.29) is 18.4 Å². The summed E-state index contributed by atoms with van der Waals surface area (Å²) >= 11 is 0. The summed E-state index contributed by atoms with van der Waals surface area (Å²) < 4.78 is 5.45. The first kappa shape index (κ1) is 17.0. The van der Waals surface area contributed by atoms with Crippen LogP contribution in [0.25, 0.3) is 0 Å². The van der Waals surface area contributed by atoms with Gasteiger partial charge < -0.3 is 15.0 Å². The monoisotopic (exact) mass is 331 g/mol. The van der Waals surface area contributed by atoms with Crippen molar-refractivity contribution in [1.29, 1.82) is 0 Å². The molecule has 2 aliphatic rings. The molecule has 130 valence electrons. The van der Waals surface area contributed by atoms with Crippen LogP contribution in [0.2, 0.25) is 0 Å². The van der Waals surface area contributed by atoms with Crippen molar-refractivity contribution in [2.75, 3.05) is 26.2 Å². The highest BCUT2D eigenvalue weighted by Crippen LogP contribution is 2.20. The largest absolute Gasteiger partial charge is 0.464 e. The van der Waals surface area contributed by atoms with E-state index in [1.165, 1.54) is 38.8 Å². The maximum Gasteiger partial charge on any atom is 0.325 e. The summed E-state index contributed by atoms with van der Waals surface area (Å²) in [6, 6.07) is 9.56. The number of hydrogen-bond donors (Lipinski definition) is 2. The van der Waals surface area contributed by atoms with Crippen LogP contribution >= 0.6 is 0 Å². The van der Waals surface area contributed by atoms with Crippen molar-refractivity contribution in [1.82, 2.24) is 5.32 Å². The van der Waals surface area contributed by atoms with Gasteiger partial charge in [-0.2, -0.15) is 0 Å². The second-order valence-electron chi connectivity index (χ2n) is 6.89. The molecule has 1 aromatic rings. The minimum absolute atomic E-state index is 0.0678. The lowest BCUT2D eigenvalue weighted by Crippen LogP contribution is -3.18. The molecule has 1 amide bonds. The number of quaternary nitrogens is 1. The molecule has 1 unspecified atom stereocenters. The fourth-order valence-corrected chi connectivity index (χ4v) is 4.07. The molecule has 2 fully saturated rings. The summed E-state index contributed by atoms with van der Waals surface area (Å²) in [6.45, 7) is 2.96. The van der Waals surface area contributed by atoms with Crippen LogP contribution in [-0.4, -0.2) is 44.2 Å². The SMILES string of the molecule is O=C(CNC(=O)c1ccccc1)OC[C@H]1CCC[NH+]2CCCC[C@H]12. The van der Waals surface area contributed by atoms with Crippen LogP contribution in [0.4, 0.5) is 0 Å². The third kappa shape index (κ3) is 4.35. The van der Waals surface area contributed by atoms with Crippen molar-refractivity contribution < 1.29 is 19.2 Å². The molecule has 2 N–H and O–H groups in total. The zero-order valence-electron chi connectivity index (χ0n) is 14.1. The molecule has 3 atom stereocenters. The first-order chi connectivity index (χ1) is 11.7. The van der Waals surface area contributed by atoms with Gasteiger partial charge in [0.2, 0.25) is 0 Å². The summed E-state index contributed by atoms with van der Waals surface area (Å²) in [5.74, 6) is -0.113. The average molecular weight is 331 g/mol. The minimum atomic E-state index is -0.345. The number of hydrogen-bond acceptors (Lipinski definition) is 3. The van der Waals surface area contributed by atoms with Crippen LogP contribution < -0.4 is 10.2 Å². The van der Waals surface area contributed by atoms with Crippen LogP contribution in [0.1, 0.15) is 42.5 Å². The summed E-state index contributed by atoms with van der Waals surface area (Å²) in [7, 11) is 0. The summed E-state index contributed by atoms with van der Waals surface area (Å²) in [4.78, 5) is 25.6. The Balaban J connectivity index is 1.41. The van der Waals surface area contributed by atoms with Gasteiger partial charge >= 0.3 is 5.97 Å². The second kappa shape index (κ2) is 8.29. The molecule has 2 saturated heterocycles. The maximum absolute atomic E-state index is 11.9. The quantitative estimate of drug-likeness (QED) is 0.785. The first-order valence-corrected chi connectivity index (χ1v) is 9.07. The van der Waals surface area contributed by atoms with Crippen LogP contribution in [-0.2, 0) is 9.53 Å². The Kier molecular flexibility index (Phi) is 5.86. The molecule has 0 spiro atoms. The van der Waals surface area contributed by atoms with Gasteiger partial charge in [-0.05, 0) is 44.2 Å². The Hall–Kier alpha value is -1.88. The number of fused-ring (bicyclic) bond motifs is 1. The molecule has 24 heavy (non-hydrogen) atoms. The fourth-order valence-electron chi connectivity index (χ4n) is 4.07. The van der Waals surface area contributed by atoms with Gasteiger partial charge in [0.25, 0.3) is 5.91 Å². The fraction of sp³-hybridized carbons (Fsp3) is 0.579. The number of carbonyl (C=O) groups excluding carboxylic acids is 2. The lowest BCUT2D eigenvalue weighted by molar-refractivity contribution is -0.940. The molecule has 2 aliphatic heterocycles. The summed E-state index contributed by atoms with van der Waals surface area (Å²) in [5.41, 5.74) is 0.555. The van der Waals surface area contributed by atoms with E-state index in [9.17, 15) is 9.59 Å². The van der Waals surface area contributed by atoms with E-state index in [1.54, 1.807) is 29.2 Å². The van der Waals surface area contributed by atoms with E-state index < -0.39 is 0 Å². The molecule has 5 nitrogen and oxygen atoms in total.